The number of carbonyl (C=O) groups is 2. The summed E-state index contributed by atoms with van der Waals surface area (Å²) in [6.07, 6.45) is 14.6. The van der Waals surface area contributed by atoms with Crippen molar-refractivity contribution in [1.82, 2.24) is 16.1 Å². The van der Waals surface area contributed by atoms with Gasteiger partial charge in [-0.05, 0) is 61.8 Å². The second-order valence-electron chi connectivity index (χ2n) is 7.80. The molecule has 180 valence electrons. The molecule has 8 nitrogen and oxygen atoms in total. The molecule has 0 bridgehead atoms. The lowest BCUT2D eigenvalue weighted by Crippen LogP contribution is -2.32. The van der Waals surface area contributed by atoms with Crippen molar-refractivity contribution in [3.63, 3.8) is 0 Å². The fourth-order valence-electron chi connectivity index (χ4n) is 3.11. The van der Waals surface area contributed by atoms with Gasteiger partial charge >= 0.3 is 0 Å². The fraction of sp³-hybridized carbons (Fsp3) is 0.320. The monoisotopic (exact) mass is 484 g/mol. The van der Waals surface area contributed by atoms with E-state index in [2.05, 4.69) is 21.1 Å². The molecule has 0 aliphatic carbocycles. The minimum Gasteiger partial charge on any atom is -0.350 e. The van der Waals surface area contributed by atoms with Crippen LogP contribution in [0.5, 0.6) is 0 Å². The Morgan fingerprint density at radius 3 is 2.82 bits per heavy atom. The third-order valence-corrected chi connectivity index (χ3v) is 5.17. The molecule has 0 saturated carbocycles. The lowest BCUT2D eigenvalue weighted by atomic mass is 10.2. The summed E-state index contributed by atoms with van der Waals surface area (Å²) >= 11 is 5.86. The lowest BCUT2D eigenvalue weighted by Gasteiger charge is -2.21. The van der Waals surface area contributed by atoms with E-state index in [1.807, 2.05) is 31.2 Å². The molecule has 2 atom stereocenters. The normalized spacial score (nSPS) is 23.6. The number of hydrogen-bond acceptors (Lipinski definition) is 5. The number of halogens is 1. The number of ether oxygens (including phenoxy) is 1. The Hall–Kier alpha value is -3.20. The molecule has 0 spiro atoms. The Morgan fingerprint density at radius 1 is 1.26 bits per heavy atom. The largest absolute Gasteiger partial charge is 0.350 e. The molecule has 3 N–H and O–H groups in total. The van der Waals surface area contributed by atoms with E-state index in [4.69, 9.17) is 21.2 Å². The van der Waals surface area contributed by atoms with Crippen LogP contribution in [0.1, 0.15) is 36.5 Å². The van der Waals surface area contributed by atoms with Gasteiger partial charge in [0.25, 0.3) is 11.8 Å². The average molecular weight is 485 g/mol. The highest BCUT2D eigenvalue weighted by Gasteiger charge is 2.15. The van der Waals surface area contributed by atoms with Gasteiger partial charge in [0.15, 0.2) is 6.29 Å². The molecule has 2 aliphatic rings. The molecular weight excluding hydrogens is 456 g/mol. The highest BCUT2D eigenvalue weighted by atomic mass is 35.5. The number of allylic oxidation sites excluding steroid dienone is 5. The van der Waals surface area contributed by atoms with Gasteiger partial charge in [0, 0.05) is 42.4 Å². The van der Waals surface area contributed by atoms with Crippen LogP contribution in [-0.4, -0.2) is 43.1 Å². The first kappa shape index (κ1) is 25.4. The summed E-state index contributed by atoms with van der Waals surface area (Å²) in [6, 6.07) is 6.54. The van der Waals surface area contributed by atoms with Crippen molar-refractivity contribution in [2.24, 2.45) is 4.99 Å². The lowest BCUT2D eigenvalue weighted by molar-refractivity contribution is -0.198. The Kier molecular flexibility index (Phi) is 10.1. The number of benzene rings is 1. The van der Waals surface area contributed by atoms with Crippen molar-refractivity contribution >= 4 is 29.3 Å². The van der Waals surface area contributed by atoms with E-state index >= 15 is 0 Å². The summed E-state index contributed by atoms with van der Waals surface area (Å²) in [5.74, 6) is 0.0724. The number of aliphatic imine (C=N–C) groups is 1. The predicted molar refractivity (Wildman–Crippen MR) is 132 cm³/mol. The zero-order valence-corrected chi connectivity index (χ0v) is 19.8. The molecule has 9 heteroatoms. The van der Waals surface area contributed by atoms with Crippen LogP contribution >= 0.6 is 11.6 Å². The Morgan fingerprint density at radius 2 is 2.06 bits per heavy atom. The number of nitrogens with one attached hydrogen (secondary N) is 3. The van der Waals surface area contributed by atoms with Crippen LogP contribution in [0.2, 0.25) is 5.02 Å². The smallest absolute Gasteiger partial charge is 0.267 e. The molecule has 2 aliphatic heterocycles. The summed E-state index contributed by atoms with van der Waals surface area (Å²) in [6.45, 7) is 2.92. The molecule has 2 amide bonds. The van der Waals surface area contributed by atoms with Gasteiger partial charge < -0.3 is 15.4 Å². The maximum Gasteiger partial charge on any atom is 0.267 e. The second-order valence-corrected chi connectivity index (χ2v) is 8.24. The first-order valence-electron chi connectivity index (χ1n) is 11.2. The van der Waals surface area contributed by atoms with Crippen molar-refractivity contribution in [1.29, 1.82) is 0 Å². The van der Waals surface area contributed by atoms with Crippen molar-refractivity contribution in [2.45, 2.75) is 38.5 Å². The van der Waals surface area contributed by atoms with Gasteiger partial charge in [0.2, 0.25) is 0 Å². The van der Waals surface area contributed by atoms with E-state index in [-0.39, 0.29) is 17.9 Å². The Labute approximate surface area is 204 Å². The Balaban J connectivity index is 1.48. The van der Waals surface area contributed by atoms with Gasteiger partial charge in [-0.25, -0.2) is 10.3 Å². The van der Waals surface area contributed by atoms with Crippen molar-refractivity contribution in [3.8, 4) is 0 Å². The van der Waals surface area contributed by atoms with Crippen LogP contribution in [0, 0.1) is 0 Å². The molecule has 34 heavy (non-hydrogen) atoms. The minimum absolute atomic E-state index is 0.163. The summed E-state index contributed by atoms with van der Waals surface area (Å²) in [5.41, 5.74) is 3.70. The van der Waals surface area contributed by atoms with Gasteiger partial charge in [-0.3, -0.25) is 14.6 Å². The molecule has 0 radical (unpaired) electrons. The highest BCUT2D eigenvalue weighted by Crippen LogP contribution is 2.12. The summed E-state index contributed by atoms with van der Waals surface area (Å²) in [4.78, 5) is 34.1. The molecule has 1 aromatic rings. The summed E-state index contributed by atoms with van der Waals surface area (Å²) < 4.78 is 5.41. The zero-order chi connectivity index (χ0) is 24.2. The number of hydroxylamine groups is 1. The average Bonchev–Trinajstić information content (AvgIpc) is 2.83. The number of hydrogen-bond donors (Lipinski definition) is 3. The second kappa shape index (κ2) is 13.5. The molecule has 2 heterocycles. The maximum absolute atomic E-state index is 12.3. The number of rotatable bonds is 8. The molecule has 0 aromatic heterocycles. The third kappa shape index (κ3) is 8.97. The van der Waals surface area contributed by atoms with Crippen LogP contribution in [0.15, 0.2) is 77.5 Å². The van der Waals surface area contributed by atoms with E-state index in [1.54, 1.807) is 36.5 Å². The highest BCUT2D eigenvalue weighted by molar-refractivity contribution is 6.30. The van der Waals surface area contributed by atoms with Crippen LogP contribution < -0.4 is 16.1 Å². The van der Waals surface area contributed by atoms with E-state index in [0.29, 0.717) is 29.6 Å². The van der Waals surface area contributed by atoms with E-state index in [0.717, 1.165) is 24.8 Å². The minimum atomic E-state index is -0.393. The molecule has 1 fully saturated rings. The molecule has 1 aromatic carbocycles. The summed E-state index contributed by atoms with van der Waals surface area (Å²) in [7, 11) is 0. The number of amidine groups is 1. The van der Waals surface area contributed by atoms with Crippen LogP contribution in [0.25, 0.3) is 0 Å². The van der Waals surface area contributed by atoms with E-state index in [1.165, 1.54) is 6.08 Å². The molecule has 1 unspecified atom stereocenters. The van der Waals surface area contributed by atoms with Crippen molar-refractivity contribution in [3.05, 3.63) is 83.1 Å². The van der Waals surface area contributed by atoms with Gasteiger partial charge in [-0.15, -0.1) is 0 Å². The number of nitrogens with zero attached hydrogens (tertiary/aromatic N) is 1. The van der Waals surface area contributed by atoms with Gasteiger partial charge in [0.1, 0.15) is 5.84 Å². The topological polar surface area (TPSA) is 101 Å². The summed E-state index contributed by atoms with van der Waals surface area (Å²) in [5, 5.41) is 6.57. The number of amides is 2. The molecule has 1 saturated heterocycles. The SMILES string of the molecule is C[C@H](CNC(=O)c1ccc(Cl)cc1)N=C1/C=C/C=C/C(/C=C/C(=O)NOC2CCCCO2)=C\N1. The van der Waals surface area contributed by atoms with E-state index in [9.17, 15) is 9.59 Å². The van der Waals surface area contributed by atoms with E-state index < -0.39 is 6.29 Å². The fourth-order valence-corrected chi connectivity index (χ4v) is 3.24. The Bertz CT molecular complexity index is 993. The van der Waals surface area contributed by atoms with Gasteiger partial charge in [-0.2, -0.15) is 0 Å². The first-order valence-corrected chi connectivity index (χ1v) is 11.6. The molecule has 3 rings (SSSR count). The van der Waals surface area contributed by atoms with Gasteiger partial charge in [0.05, 0.1) is 6.04 Å². The predicted octanol–water partition coefficient (Wildman–Crippen LogP) is 3.59. The zero-order valence-electron chi connectivity index (χ0n) is 19.0. The standard InChI is InChI=1S/C25H29ClN4O4/c1-18(16-28-25(32)20-10-12-21(26)13-11-20)29-22-7-3-2-6-19(17-27-22)9-14-23(31)30-34-24-8-4-5-15-33-24/h2-3,6-7,9-14,17-18,24H,4-5,8,15-16H2,1H3,(H,27,29)(H,28,32)(H,30,31)/b14-9+/t18-,24?/m1/s1. The van der Waals surface area contributed by atoms with Crippen molar-refractivity contribution < 1.29 is 19.2 Å². The molecular formula is C25H29ClN4O4. The quantitative estimate of drug-likeness (QED) is 0.386. The number of carbonyl (C=O) groups excluding carboxylic acids is 2. The third-order valence-electron chi connectivity index (χ3n) is 4.92. The van der Waals surface area contributed by atoms with Gasteiger partial charge in [-0.1, -0.05) is 29.8 Å². The van der Waals surface area contributed by atoms with Crippen LogP contribution in [-0.2, 0) is 14.4 Å². The first-order chi connectivity index (χ1) is 16.5. The van der Waals surface area contributed by atoms with Crippen LogP contribution in [0.3, 0.4) is 0 Å². The van der Waals surface area contributed by atoms with Crippen molar-refractivity contribution in [2.75, 3.05) is 13.2 Å². The maximum atomic E-state index is 12.3. The van der Waals surface area contributed by atoms with Crippen LogP contribution in [0.4, 0.5) is 0 Å².